The number of phenolic OH excluding ortho intramolecular Hbond substituents is 1. The van der Waals surface area contributed by atoms with Gasteiger partial charge in [0.2, 0.25) is 11.8 Å². The number of aliphatic hydroxyl groups is 1. The van der Waals surface area contributed by atoms with Gasteiger partial charge in [-0.2, -0.15) is 0 Å². The van der Waals surface area contributed by atoms with Crippen molar-refractivity contribution in [2.75, 3.05) is 6.54 Å². The number of carboxylic acid groups (broad SMARTS) is 1. The number of aliphatic hydroxyl groups excluding tert-OH is 1. The van der Waals surface area contributed by atoms with E-state index < -0.39 is 60.1 Å². The van der Waals surface area contributed by atoms with Crippen molar-refractivity contribution in [2.24, 2.45) is 0 Å². The van der Waals surface area contributed by atoms with Gasteiger partial charge in [0.1, 0.15) is 18.4 Å². The Bertz CT molecular complexity index is 932. The molecule has 0 aromatic heterocycles. The number of likely N-dealkylation sites (tertiary alicyclic amines) is 1. The van der Waals surface area contributed by atoms with Gasteiger partial charge in [0.05, 0.1) is 28.6 Å². The first-order valence-corrected chi connectivity index (χ1v) is 10.7. The van der Waals surface area contributed by atoms with Gasteiger partial charge in [0.15, 0.2) is 5.75 Å². The zero-order valence-corrected chi connectivity index (χ0v) is 19.0. The Labute approximate surface area is 198 Å². The Morgan fingerprint density at radius 1 is 1.21 bits per heavy atom. The molecule has 0 bridgehead atoms. The van der Waals surface area contributed by atoms with Crippen LogP contribution in [0.25, 0.3) is 0 Å². The number of carboxylic acids is 1. The van der Waals surface area contributed by atoms with Crippen LogP contribution in [0.15, 0.2) is 12.1 Å². The fraction of sp³-hybridized carbons (Fsp3) is 0.450. The fourth-order valence-corrected chi connectivity index (χ4v) is 3.88. The van der Waals surface area contributed by atoms with Crippen LogP contribution in [0.5, 0.6) is 5.75 Å². The number of carbonyl (C=O) groups excluding carboxylic acids is 4. The van der Waals surface area contributed by atoms with Gasteiger partial charge in [-0.25, -0.2) is 0 Å². The lowest BCUT2D eigenvalue weighted by Crippen LogP contribution is -2.57. The average molecular weight is 504 g/mol. The van der Waals surface area contributed by atoms with Crippen molar-refractivity contribution in [3.63, 3.8) is 0 Å². The summed E-state index contributed by atoms with van der Waals surface area (Å²) in [6, 6.07) is -1.43. The maximum atomic E-state index is 13.1. The number of benzene rings is 1. The number of carbonyl (C=O) groups is 5. The first-order chi connectivity index (χ1) is 15.5. The number of rotatable bonds is 9. The van der Waals surface area contributed by atoms with Crippen LogP contribution < -0.4 is 10.6 Å². The van der Waals surface area contributed by atoms with Gasteiger partial charge in [-0.3, -0.25) is 19.2 Å². The van der Waals surface area contributed by atoms with Gasteiger partial charge in [-0.15, -0.1) is 0 Å². The molecule has 0 radical (unpaired) electrons. The third kappa shape index (κ3) is 6.56. The van der Waals surface area contributed by atoms with Crippen molar-refractivity contribution in [3.8, 4) is 5.75 Å². The minimum atomic E-state index is -1.43. The molecule has 3 amide bonds. The molecule has 2 rings (SSSR count). The largest absolute Gasteiger partial charge is 0.505 e. The summed E-state index contributed by atoms with van der Waals surface area (Å²) < 4.78 is 0. The minimum Gasteiger partial charge on any atom is -0.505 e. The molecule has 0 unspecified atom stereocenters. The molecule has 1 aliphatic rings. The highest BCUT2D eigenvalue weighted by Crippen LogP contribution is 2.32. The van der Waals surface area contributed by atoms with E-state index in [9.17, 15) is 34.2 Å². The molecule has 1 heterocycles. The quantitative estimate of drug-likeness (QED) is 0.299. The summed E-state index contributed by atoms with van der Waals surface area (Å²) >= 11 is 11.6. The zero-order valence-electron chi connectivity index (χ0n) is 17.5. The second-order valence-electron chi connectivity index (χ2n) is 7.52. The molecule has 5 N–H and O–H groups in total. The topological polar surface area (TPSA) is 173 Å². The number of nitrogens with zero attached hydrogens (tertiary/aromatic N) is 1. The van der Waals surface area contributed by atoms with Crippen molar-refractivity contribution in [2.45, 2.75) is 50.4 Å². The Hall–Kier alpha value is -2.89. The van der Waals surface area contributed by atoms with Crippen molar-refractivity contribution in [1.82, 2.24) is 15.5 Å². The fourth-order valence-electron chi connectivity index (χ4n) is 3.39. The van der Waals surface area contributed by atoms with Crippen molar-refractivity contribution in [1.29, 1.82) is 0 Å². The average Bonchev–Trinajstić information content (AvgIpc) is 3.23. The van der Waals surface area contributed by atoms with E-state index >= 15 is 0 Å². The van der Waals surface area contributed by atoms with E-state index in [0.717, 1.165) is 17.0 Å². The summed E-state index contributed by atoms with van der Waals surface area (Å²) in [4.78, 5) is 61.4. The van der Waals surface area contributed by atoms with E-state index in [-0.39, 0.29) is 28.6 Å². The predicted molar refractivity (Wildman–Crippen MR) is 116 cm³/mol. The molecule has 0 aliphatic carbocycles. The molecule has 33 heavy (non-hydrogen) atoms. The second-order valence-corrected chi connectivity index (χ2v) is 8.33. The van der Waals surface area contributed by atoms with E-state index in [1.165, 1.54) is 6.92 Å². The summed E-state index contributed by atoms with van der Waals surface area (Å²) in [5.74, 6) is -3.96. The zero-order chi connectivity index (χ0) is 24.9. The van der Waals surface area contributed by atoms with Crippen molar-refractivity contribution < 1.29 is 39.3 Å². The maximum Gasteiger partial charge on any atom is 0.305 e. The number of hydrogen-bond donors (Lipinski definition) is 5. The van der Waals surface area contributed by atoms with Gasteiger partial charge >= 0.3 is 5.97 Å². The Kier molecular flexibility index (Phi) is 9.03. The molecule has 0 saturated carbocycles. The molecule has 1 aromatic rings. The lowest BCUT2D eigenvalue weighted by atomic mass is 10.1. The molecule has 13 heteroatoms. The summed E-state index contributed by atoms with van der Waals surface area (Å²) in [7, 11) is 0. The lowest BCUT2D eigenvalue weighted by molar-refractivity contribution is -0.143. The van der Waals surface area contributed by atoms with Crippen LogP contribution in [0.3, 0.4) is 0 Å². The van der Waals surface area contributed by atoms with Crippen LogP contribution in [-0.2, 0) is 19.2 Å². The van der Waals surface area contributed by atoms with Crippen LogP contribution in [0.1, 0.15) is 36.5 Å². The summed E-state index contributed by atoms with van der Waals surface area (Å²) in [6.07, 6.45) is -0.971. The van der Waals surface area contributed by atoms with Gasteiger partial charge in [-0.05, 0) is 31.9 Å². The number of amides is 3. The van der Waals surface area contributed by atoms with E-state index in [1.54, 1.807) is 0 Å². The number of phenols is 1. The highest BCUT2D eigenvalue weighted by atomic mass is 35.5. The molecule has 11 nitrogen and oxygen atoms in total. The monoisotopic (exact) mass is 503 g/mol. The summed E-state index contributed by atoms with van der Waals surface area (Å²) in [5, 5.41) is 32.9. The molecule has 1 aliphatic heterocycles. The van der Waals surface area contributed by atoms with E-state index in [0.29, 0.717) is 12.7 Å². The summed E-state index contributed by atoms with van der Waals surface area (Å²) in [5.41, 5.74) is -0.0699. The van der Waals surface area contributed by atoms with Gasteiger partial charge in [0, 0.05) is 12.1 Å². The van der Waals surface area contributed by atoms with E-state index in [4.69, 9.17) is 28.3 Å². The molecule has 180 valence electrons. The maximum absolute atomic E-state index is 13.1. The van der Waals surface area contributed by atoms with Gasteiger partial charge < -0.3 is 35.6 Å². The number of aromatic hydroxyl groups is 1. The minimum absolute atomic E-state index is 0.0699. The van der Waals surface area contributed by atoms with Crippen LogP contribution in [0.4, 0.5) is 0 Å². The lowest BCUT2D eigenvalue weighted by Gasteiger charge is -2.30. The van der Waals surface area contributed by atoms with E-state index in [1.807, 2.05) is 0 Å². The molecule has 1 saturated heterocycles. The highest BCUT2D eigenvalue weighted by molar-refractivity contribution is 6.37. The molecule has 4 atom stereocenters. The third-order valence-electron chi connectivity index (χ3n) is 5.04. The second kappa shape index (κ2) is 11.3. The first kappa shape index (κ1) is 26.4. The van der Waals surface area contributed by atoms with Crippen LogP contribution in [-0.4, -0.2) is 81.0 Å². The smallest absolute Gasteiger partial charge is 0.305 e. The third-order valence-corrected chi connectivity index (χ3v) is 5.62. The van der Waals surface area contributed by atoms with E-state index in [2.05, 4.69) is 10.6 Å². The Balaban J connectivity index is 2.17. The molecule has 1 fully saturated rings. The predicted octanol–water partition coefficient (Wildman–Crippen LogP) is 0.328. The van der Waals surface area contributed by atoms with Crippen molar-refractivity contribution in [3.05, 3.63) is 27.7 Å². The standard InChI is InChI=1S/C20H23Cl2N3O8/c1-9(27)16(24-18(31)10-5-12(21)17(30)13(22)6-10)20(33)25-4-2-3-14(25)19(32)23-11(8-26)7-15(28)29/h5-6,8-9,11,14,16,27,30H,2-4,7H2,1H3,(H,23,32)(H,24,31)(H,28,29)/t9-,11+,14+,16+/m1/s1. The van der Waals surface area contributed by atoms with Crippen LogP contribution in [0, 0.1) is 0 Å². The number of aldehydes is 1. The van der Waals surface area contributed by atoms with Gasteiger partial charge in [-0.1, -0.05) is 23.2 Å². The highest BCUT2D eigenvalue weighted by Gasteiger charge is 2.40. The molecular formula is C20H23Cl2N3O8. The van der Waals surface area contributed by atoms with Crippen LogP contribution >= 0.6 is 23.2 Å². The molecule has 0 spiro atoms. The van der Waals surface area contributed by atoms with Gasteiger partial charge in [0.25, 0.3) is 5.91 Å². The number of halogens is 2. The van der Waals surface area contributed by atoms with Crippen LogP contribution in [0.2, 0.25) is 10.0 Å². The Morgan fingerprint density at radius 2 is 1.82 bits per heavy atom. The molecule has 1 aromatic carbocycles. The summed E-state index contributed by atoms with van der Waals surface area (Å²) in [6.45, 7) is 1.43. The number of aliphatic carboxylic acids is 1. The molecular weight excluding hydrogens is 481 g/mol. The number of nitrogens with one attached hydrogen (secondary N) is 2. The van der Waals surface area contributed by atoms with Crippen molar-refractivity contribution >= 4 is 53.2 Å². The first-order valence-electron chi connectivity index (χ1n) is 9.91. The SMILES string of the molecule is C[C@@H](O)[C@H](NC(=O)c1cc(Cl)c(O)c(Cl)c1)C(=O)N1CCC[C@H]1C(=O)N[C@H](C=O)CC(=O)O. The normalized spacial score (nSPS) is 18.2. The number of hydrogen-bond acceptors (Lipinski definition) is 7. The Morgan fingerprint density at radius 3 is 2.33 bits per heavy atom.